The summed E-state index contributed by atoms with van der Waals surface area (Å²) in [6, 6.07) is 2.33. The first kappa shape index (κ1) is 31.3. The van der Waals surface area contributed by atoms with Crippen molar-refractivity contribution < 1.29 is 19.9 Å². The van der Waals surface area contributed by atoms with Crippen LogP contribution in [0.15, 0.2) is 17.1 Å². The monoisotopic (exact) mass is 596 g/mol. The number of carbonyl (C=O) groups excluding carboxylic acids is 1. The minimum Gasteiger partial charge on any atom is -0.409 e. The van der Waals surface area contributed by atoms with Crippen molar-refractivity contribution in [3.05, 3.63) is 22.6 Å². The summed E-state index contributed by atoms with van der Waals surface area (Å²) in [6.07, 6.45) is -0.821. The molecule has 3 heterocycles. The number of anilines is 1. The zero-order valence-electron chi connectivity index (χ0n) is 27.2. The Balaban J connectivity index is 1.99. The number of aromatic nitrogens is 3. The number of rotatable bonds is 11. The summed E-state index contributed by atoms with van der Waals surface area (Å²) < 4.78 is 33.1. The molecule has 5 atom stereocenters. The van der Waals surface area contributed by atoms with Crippen LogP contribution in [0.4, 0.5) is 5.95 Å². The summed E-state index contributed by atoms with van der Waals surface area (Å²) in [5, 5.41) is 2.97. The number of carbonyl (C=O) groups is 1. The van der Waals surface area contributed by atoms with Crippen LogP contribution in [0, 0.1) is 5.92 Å². The van der Waals surface area contributed by atoms with Gasteiger partial charge in [0.2, 0.25) is 11.9 Å². The van der Waals surface area contributed by atoms with Gasteiger partial charge in [0.25, 0.3) is 5.56 Å². The summed E-state index contributed by atoms with van der Waals surface area (Å²) in [6.45, 7) is 25.3. The molecular formula is C28H50N5O5PSi. The number of ether oxygens (including phenoxy) is 1. The van der Waals surface area contributed by atoms with Crippen molar-refractivity contribution in [2.24, 2.45) is 5.92 Å². The Labute approximate surface area is 243 Å². The third-order valence-corrected chi connectivity index (χ3v) is 14.2. The number of amides is 1. The van der Waals surface area contributed by atoms with E-state index in [1.54, 1.807) is 30.7 Å². The second-order valence-corrected chi connectivity index (χ2v) is 19.4. The van der Waals surface area contributed by atoms with E-state index in [2.05, 4.69) is 88.2 Å². The van der Waals surface area contributed by atoms with E-state index in [4.69, 9.17) is 13.7 Å². The largest absolute Gasteiger partial charge is 0.409 e. The third kappa shape index (κ3) is 7.41. The number of hydrogen-bond acceptors (Lipinski definition) is 7. The molecule has 0 aliphatic carbocycles. The maximum Gasteiger partial charge on any atom is 0.261 e. The molecule has 0 bridgehead atoms. The molecule has 0 spiro atoms. The van der Waals surface area contributed by atoms with Gasteiger partial charge in [-0.05, 0) is 58.6 Å². The van der Waals surface area contributed by atoms with Gasteiger partial charge in [-0.15, -0.1) is 0 Å². The van der Waals surface area contributed by atoms with Gasteiger partial charge in [0, 0.05) is 32.0 Å². The lowest BCUT2D eigenvalue weighted by Crippen LogP contribution is -2.45. The fourth-order valence-electron chi connectivity index (χ4n) is 4.60. The highest BCUT2D eigenvalue weighted by molar-refractivity contribution is 7.49. The van der Waals surface area contributed by atoms with E-state index in [0.717, 1.165) is 0 Å². The zero-order chi connectivity index (χ0) is 31.0. The van der Waals surface area contributed by atoms with Crippen molar-refractivity contribution in [3.8, 4) is 0 Å². The molecular weight excluding hydrogens is 545 g/mol. The molecule has 1 aliphatic heterocycles. The molecule has 226 valence electrons. The van der Waals surface area contributed by atoms with Gasteiger partial charge in [-0.1, -0.05) is 34.6 Å². The second-order valence-electron chi connectivity index (χ2n) is 12.9. The Hall–Kier alpha value is -1.62. The summed E-state index contributed by atoms with van der Waals surface area (Å²) in [7, 11) is -3.21. The predicted octanol–water partition coefficient (Wildman–Crippen LogP) is 6.07. The van der Waals surface area contributed by atoms with Gasteiger partial charge < -0.3 is 18.3 Å². The van der Waals surface area contributed by atoms with Gasteiger partial charge in [0.15, 0.2) is 20.2 Å². The molecule has 2 unspecified atom stereocenters. The van der Waals surface area contributed by atoms with Crippen molar-refractivity contribution in [3.63, 3.8) is 0 Å². The maximum atomic E-state index is 12.9. The van der Waals surface area contributed by atoms with Crippen molar-refractivity contribution in [1.82, 2.24) is 19.2 Å². The van der Waals surface area contributed by atoms with Crippen molar-refractivity contribution in [1.29, 1.82) is 0 Å². The highest BCUT2D eigenvalue weighted by Gasteiger charge is 2.46. The minimum atomic E-state index is -2.32. The first-order valence-corrected chi connectivity index (χ1v) is 18.7. The van der Waals surface area contributed by atoms with E-state index in [1.165, 1.54) is 0 Å². The van der Waals surface area contributed by atoms with Crippen LogP contribution in [0.3, 0.4) is 0 Å². The van der Waals surface area contributed by atoms with E-state index in [-0.39, 0.29) is 35.0 Å². The first-order chi connectivity index (χ1) is 18.9. The SMILES string of the molecule is [2H]C1[C@@H](COP(C)N(C(C)C)C(C)C)O[C@@H](n2ccc3c(=O)[nH]c(NC(=O)C(C)C)nc32)[C@H]1O[Si](C)(C)C(C)(C)C. The normalized spacial score (nSPS) is 23.6. The molecule has 0 radical (unpaired) electrons. The Morgan fingerprint density at radius 1 is 1.30 bits per heavy atom. The van der Waals surface area contributed by atoms with Crippen LogP contribution in [0.25, 0.3) is 11.0 Å². The molecule has 0 aromatic carbocycles. The quantitative estimate of drug-likeness (QED) is 0.239. The van der Waals surface area contributed by atoms with Gasteiger partial charge in [0.05, 0.1) is 24.2 Å². The van der Waals surface area contributed by atoms with Gasteiger partial charge in [-0.2, -0.15) is 4.98 Å². The molecule has 40 heavy (non-hydrogen) atoms. The van der Waals surface area contributed by atoms with Crippen LogP contribution in [-0.2, 0) is 18.5 Å². The van der Waals surface area contributed by atoms with Crippen molar-refractivity contribution >= 4 is 39.5 Å². The summed E-state index contributed by atoms with van der Waals surface area (Å²) in [5.41, 5.74) is -0.00648. The van der Waals surface area contributed by atoms with Crippen LogP contribution in [0.5, 0.6) is 0 Å². The number of nitrogens with one attached hydrogen (secondary N) is 2. The first-order valence-electron chi connectivity index (χ1n) is 14.8. The molecule has 12 heteroatoms. The van der Waals surface area contributed by atoms with E-state index in [9.17, 15) is 11.0 Å². The number of hydrogen-bond donors (Lipinski definition) is 2. The highest BCUT2D eigenvalue weighted by atomic mass is 31.2. The number of aromatic amines is 1. The standard InChI is InChI=1S/C28H50N5O5PSi/c1-17(2)24(34)30-27-29-23-21(25(35)31-27)13-14-32(23)26-22(38-40(11,12)28(7,8)9)15-20(37-26)16-36-39(10)33(18(3)4)19(5)6/h13-14,17-20,22,26H,15-16H2,1-12H3,(H2,29,30,31,34,35)/t20-,22-,26+,39?/m0/s1/i15D/t15?,20-,22-,26+,39?. The Kier molecular flexibility index (Phi) is 9.95. The van der Waals surface area contributed by atoms with Gasteiger partial charge in [-0.3, -0.25) is 24.6 Å². The molecule has 1 fully saturated rings. The predicted molar refractivity (Wildman–Crippen MR) is 165 cm³/mol. The van der Waals surface area contributed by atoms with Crippen molar-refractivity contribution in [2.75, 3.05) is 18.6 Å². The Bertz CT molecular complexity index is 1250. The van der Waals surface area contributed by atoms with Crippen LogP contribution in [-0.4, -0.2) is 71.0 Å². The van der Waals surface area contributed by atoms with Gasteiger partial charge in [0.1, 0.15) is 8.30 Å². The van der Waals surface area contributed by atoms with E-state index in [0.29, 0.717) is 23.1 Å². The number of fused-ring (bicyclic) bond motifs is 1. The molecule has 1 saturated heterocycles. The fraction of sp³-hybridized carbons (Fsp3) is 0.750. The topological polar surface area (TPSA) is 111 Å². The van der Waals surface area contributed by atoms with E-state index in [1.807, 2.05) is 0 Å². The molecule has 3 rings (SSSR count). The second kappa shape index (κ2) is 12.7. The zero-order valence-corrected chi connectivity index (χ0v) is 28.1. The maximum absolute atomic E-state index is 12.9. The lowest BCUT2D eigenvalue weighted by atomic mass is 10.2. The lowest BCUT2D eigenvalue weighted by Gasteiger charge is -2.39. The number of nitrogens with zero attached hydrogens (tertiary/aromatic N) is 3. The van der Waals surface area contributed by atoms with Crippen LogP contribution >= 0.6 is 8.30 Å². The molecule has 2 aromatic heterocycles. The average molecular weight is 597 g/mol. The van der Waals surface area contributed by atoms with Crippen LogP contribution in [0.1, 0.15) is 76.3 Å². The van der Waals surface area contributed by atoms with Gasteiger partial charge in [-0.25, -0.2) is 0 Å². The average Bonchev–Trinajstić information content (AvgIpc) is 3.37. The summed E-state index contributed by atoms with van der Waals surface area (Å²) in [4.78, 5) is 32.5. The highest BCUT2D eigenvalue weighted by Crippen LogP contribution is 2.45. The minimum absolute atomic E-state index is 0.0717. The van der Waals surface area contributed by atoms with E-state index < -0.39 is 41.4 Å². The van der Waals surface area contributed by atoms with Crippen LogP contribution in [0.2, 0.25) is 18.1 Å². The fourth-order valence-corrected chi connectivity index (χ4v) is 7.63. The van der Waals surface area contributed by atoms with E-state index >= 15 is 0 Å². The molecule has 2 aromatic rings. The smallest absolute Gasteiger partial charge is 0.261 e. The van der Waals surface area contributed by atoms with Crippen molar-refractivity contribution in [2.45, 2.75) is 117 Å². The summed E-state index contributed by atoms with van der Waals surface area (Å²) in [5.74, 6) is -0.458. The lowest BCUT2D eigenvalue weighted by molar-refractivity contribution is -0.118. The molecule has 10 nitrogen and oxygen atoms in total. The third-order valence-electron chi connectivity index (χ3n) is 7.67. The number of H-pyrrole nitrogens is 1. The molecule has 0 saturated carbocycles. The molecule has 1 amide bonds. The summed E-state index contributed by atoms with van der Waals surface area (Å²) >= 11 is 0. The Morgan fingerprint density at radius 3 is 2.48 bits per heavy atom. The van der Waals surface area contributed by atoms with Gasteiger partial charge >= 0.3 is 0 Å². The molecule has 1 aliphatic rings. The molecule has 2 N–H and O–H groups in total. The Morgan fingerprint density at radius 2 is 1.93 bits per heavy atom. The van der Waals surface area contributed by atoms with Crippen LogP contribution < -0.4 is 10.9 Å².